The number of para-hydroxylation sites is 1. The van der Waals surface area contributed by atoms with Gasteiger partial charge in [0.25, 0.3) is 0 Å². The third-order valence-electron chi connectivity index (χ3n) is 6.86. The van der Waals surface area contributed by atoms with Gasteiger partial charge < -0.3 is 10.1 Å². The number of carbonyl (C=O) groups is 1. The number of morpholine rings is 1. The van der Waals surface area contributed by atoms with Crippen LogP contribution in [0, 0.1) is 13.8 Å². The van der Waals surface area contributed by atoms with E-state index in [1.54, 1.807) is 0 Å². The number of hydrogen-bond acceptors (Lipinski definition) is 4. The van der Waals surface area contributed by atoms with Crippen molar-refractivity contribution in [3.8, 4) is 5.69 Å². The van der Waals surface area contributed by atoms with Crippen LogP contribution in [-0.2, 0) is 16.0 Å². The summed E-state index contributed by atoms with van der Waals surface area (Å²) < 4.78 is 7.51. The minimum atomic E-state index is 0.0898. The SMILES string of the molecule is Cc1nn(-c2ccccc2)c(C)c1CC(=O)NCC1(N2CCOCC2)CCCCC1. The van der Waals surface area contributed by atoms with Crippen molar-refractivity contribution in [3.63, 3.8) is 0 Å². The summed E-state index contributed by atoms with van der Waals surface area (Å²) in [6, 6.07) is 10.1. The van der Waals surface area contributed by atoms with Crippen LogP contribution in [0.1, 0.15) is 49.1 Å². The molecule has 1 aromatic heterocycles. The Kier molecular flexibility index (Phi) is 6.54. The first-order valence-electron chi connectivity index (χ1n) is 11.3. The van der Waals surface area contributed by atoms with Crippen LogP contribution in [0.2, 0.25) is 0 Å². The average Bonchev–Trinajstić information content (AvgIpc) is 3.08. The fourth-order valence-electron chi connectivity index (χ4n) is 5.09. The molecule has 6 nitrogen and oxygen atoms in total. The maximum Gasteiger partial charge on any atom is 0.224 e. The predicted octanol–water partition coefficient (Wildman–Crippen LogP) is 3.18. The molecule has 162 valence electrons. The first-order valence-corrected chi connectivity index (χ1v) is 11.3. The Morgan fingerprint density at radius 1 is 1.10 bits per heavy atom. The lowest BCUT2D eigenvalue weighted by Crippen LogP contribution is -2.59. The number of aromatic nitrogens is 2. The van der Waals surface area contributed by atoms with E-state index in [2.05, 4.69) is 15.3 Å². The monoisotopic (exact) mass is 410 g/mol. The molecular formula is C24H34N4O2. The fourth-order valence-corrected chi connectivity index (χ4v) is 5.09. The Morgan fingerprint density at radius 2 is 1.80 bits per heavy atom. The predicted molar refractivity (Wildman–Crippen MR) is 118 cm³/mol. The molecule has 4 rings (SSSR count). The van der Waals surface area contributed by atoms with Crippen molar-refractivity contribution in [3.05, 3.63) is 47.3 Å². The summed E-state index contributed by atoms with van der Waals surface area (Å²) in [5, 5.41) is 7.97. The van der Waals surface area contributed by atoms with Gasteiger partial charge in [-0.25, -0.2) is 4.68 Å². The van der Waals surface area contributed by atoms with Crippen LogP contribution in [0.4, 0.5) is 0 Å². The lowest BCUT2D eigenvalue weighted by Gasteiger charge is -2.48. The lowest BCUT2D eigenvalue weighted by atomic mass is 9.79. The Hall–Kier alpha value is -2.18. The van der Waals surface area contributed by atoms with Crippen molar-refractivity contribution < 1.29 is 9.53 Å². The maximum atomic E-state index is 12.9. The Balaban J connectivity index is 1.43. The molecule has 1 saturated carbocycles. The zero-order valence-electron chi connectivity index (χ0n) is 18.3. The molecule has 2 aromatic rings. The Bertz CT molecular complexity index is 850. The van der Waals surface area contributed by atoms with Gasteiger partial charge in [0.15, 0.2) is 0 Å². The minimum absolute atomic E-state index is 0.0898. The van der Waals surface area contributed by atoms with Gasteiger partial charge in [0.05, 0.1) is 31.0 Å². The number of nitrogens with one attached hydrogen (secondary N) is 1. The quantitative estimate of drug-likeness (QED) is 0.795. The number of ether oxygens (including phenoxy) is 1. The van der Waals surface area contributed by atoms with Gasteiger partial charge >= 0.3 is 0 Å². The number of rotatable bonds is 6. The zero-order valence-corrected chi connectivity index (χ0v) is 18.3. The van der Waals surface area contributed by atoms with E-state index in [-0.39, 0.29) is 11.4 Å². The van der Waals surface area contributed by atoms with Gasteiger partial charge in [-0.05, 0) is 38.8 Å². The molecule has 0 unspecified atom stereocenters. The van der Waals surface area contributed by atoms with Gasteiger partial charge in [-0.3, -0.25) is 9.69 Å². The van der Waals surface area contributed by atoms with E-state index in [1.807, 2.05) is 48.9 Å². The summed E-state index contributed by atoms with van der Waals surface area (Å²) >= 11 is 0. The summed E-state index contributed by atoms with van der Waals surface area (Å²) in [5.41, 5.74) is 4.11. The summed E-state index contributed by atoms with van der Waals surface area (Å²) in [4.78, 5) is 15.5. The maximum absolute atomic E-state index is 12.9. The van der Waals surface area contributed by atoms with E-state index < -0.39 is 0 Å². The highest BCUT2D eigenvalue weighted by Crippen LogP contribution is 2.34. The van der Waals surface area contributed by atoms with Gasteiger partial charge in [-0.15, -0.1) is 0 Å². The molecule has 2 heterocycles. The minimum Gasteiger partial charge on any atom is -0.379 e. The zero-order chi connectivity index (χ0) is 21.0. The molecule has 6 heteroatoms. The summed E-state index contributed by atoms with van der Waals surface area (Å²) in [7, 11) is 0. The van der Waals surface area contributed by atoms with Gasteiger partial charge in [0.1, 0.15) is 0 Å². The highest BCUT2D eigenvalue weighted by atomic mass is 16.5. The van der Waals surface area contributed by atoms with Gasteiger partial charge in [0, 0.05) is 36.4 Å². The normalized spacial score (nSPS) is 19.5. The topological polar surface area (TPSA) is 59.4 Å². The van der Waals surface area contributed by atoms with Gasteiger partial charge in [-0.1, -0.05) is 37.5 Å². The molecule has 0 radical (unpaired) electrons. The number of hydrogen-bond donors (Lipinski definition) is 1. The van der Waals surface area contributed by atoms with Crippen LogP contribution in [-0.4, -0.2) is 59.0 Å². The second kappa shape index (κ2) is 9.31. The molecular weight excluding hydrogens is 376 g/mol. The molecule has 0 bridgehead atoms. The summed E-state index contributed by atoms with van der Waals surface area (Å²) in [6.07, 6.45) is 6.50. The van der Waals surface area contributed by atoms with Gasteiger partial charge in [-0.2, -0.15) is 5.10 Å². The number of aryl methyl sites for hydroxylation is 1. The van der Waals surface area contributed by atoms with Crippen LogP contribution in [0.15, 0.2) is 30.3 Å². The molecule has 0 spiro atoms. The molecule has 1 amide bonds. The van der Waals surface area contributed by atoms with E-state index in [4.69, 9.17) is 4.74 Å². The standard InChI is InChI=1S/C24H34N4O2/c1-19-22(20(2)28(26-19)21-9-5-3-6-10-21)17-23(29)25-18-24(11-7-4-8-12-24)27-13-15-30-16-14-27/h3,5-6,9-10H,4,7-8,11-18H2,1-2H3,(H,25,29). The van der Waals surface area contributed by atoms with Crippen molar-refractivity contribution in [2.75, 3.05) is 32.8 Å². The molecule has 2 fully saturated rings. The third-order valence-corrected chi connectivity index (χ3v) is 6.86. The van der Waals surface area contributed by atoms with Crippen molar-refractivity contribution in [2.45, 2.75) is 57.9 Å². The van der Waals surface area contributed by atoms with E-state index in [0.717, 1.165) is 68.3 Å². The van der Waals surface area contributed by atoms with Crippen LogP contribution in [0.5, 0.6) is 0 Å². The molecule has 30 heavy (non-hydrogen) atoms. The van der Waals surface area contributed by atoms with E-state index >= 15 is 0 Å². The number of amides is 1. The highest BCUT2D eigenvalue weighted by Gasteiger charge is 2.38. The van der Waals surface area contributed by atoms with E-state index in [0.29, 0.717) is 6.42 Å². The Labute approximate surface area is 179 Å². The van der Waals surface area contributed by atoms with E-state index in [9.17, 15) is 4.79 Å². The third kappa shape index (κ3) is 4.44. The van der Waals surface area contributed by atoms with Crippen LogP contribution in [0.3, 0.4) is 0 Å². The number of benzene rings is 1. The van der Waals surface area contributed by atoms with Crippen LogP contribution >= 0.6 is 0 Å². The second-order valence-electron chi connectivity index (χ2n) is 8.73. The number of nitrogens with zero attached hydrogens (tertiary/aromatic N) is 3. The average molecular weight is 411 g/mol. The van der Waals surface area contributed by atoms with Crippen molar-refractivity contribution >= 4 is 5.91 Å². The van der Waals surface area contributed by atoms with Crippen LogP contribution < -0.4 is 5.32 Å². The summed E-state index contributed by atoms with van der Waals surface area (Å²) in [6.45, 7) is 8.31. The molecule has 0 atom stereocenters. The lowest BCUT2D eigenvalue weighted by molar-refractivity contribution is -0.121. The smallest absolute Gasteiger partial charge is 0.224 e. The molecule has 2 aliphatic rings. The Morgan fingerprint density at radius 3 is 2.50 bits per heavy atom. The van der Waals surface area contributed by atoms with Crippen molar-refractivity contribution in [1.29, 1.82) is 0 Å². The molecule has 1 aliphatic carbocycles. The second-order valence-corrected chi connectivity index (χ2v) is 8.73. The largest absolute Gasteiger partial charge is 0.379 e. The molecule has 1 saturated heterocycles. The first kappa shape index (κ1) is 21.1. The molecule has 1 aromatic carbocycles. The van der Waals surface area contributed by atoms with Gasteiger partial charge in [0.2, 0.25) is 5.91 Å². The number of carbonyl (C=O) groups excluding carboxylic acids is 1. The van der Waals surface area contributed by atoms with Crippen LogP contribution in [0.25, 0.3) is 5.69 Å². The summed E-state index contributed by atoms with van der Waals surface area (Å²) in [5.74, 6) is 0.0898. The van der Waals surface area contributed by atoms with E-state index in [1.165, 1.54) is 19.3 Å². The van der Waals surface area contributed by atoms with Crippen molar-refractivity contribution in [2.24, 2.45) is 0 Å². The highest BCUT2D eigenvalue weighted by molar-refractivity contribution is 5.79. The first-order chi connectivity index (χ1) is 14.6. The molecule has 1 N–H and O–H groups in total. The molecule has 1 aliphatic heterocycles. The van der Waals surface area contributed by atoms with Crippen molar-refractivity contribution in [1.82, 2.24) is 20.0 Å². The fraction of sp³-hybridized carbons (Fsp3) is 0.583.